The Kier molecular flexibility index (Phi) is 2.91. The molecule has 1 aliphatic rings. The van der Waals surface area contributed by atoms with Crippen molar-refractivity contribution < 1.29 is 4.79 Å². The number of anilines is 1. The number of amides is 1. The topological polar surface area (TPSA) is 80.9 Å². The average molecular weight is 256 g/mol. The highest BCUT2D eigenvalue weighted by atomic mass is 16.2. The molecule has 1 aliphatic carbocycles. The quantitative estimate of drug-likeness (QED) is 0.859. The van der Waals surface area contributed by atoms with E-state index in [1.807, 2.05) is 18.2 Å². The summed E-state index contributed by atoms with van der Waals surface area (Å²) in [5.41, 5.74) is 7.70. The van der Waals surface area contributed by atoms with Gasteiger partial charge in [0.05, 0.1) is 16.6 Å². The number of benzene rings is 1. The van der Waals surface area contributed by atoms with Gasteiger partial charge in [-0.1, -0.05) is 12.8 Å². The molecule has 1 amide bonds. The Morgan fingerprint density at radius 3 is 2.58 bits per heavy atom. The maximum atomic E-state index is 12.2. The molecule has 1 aromatic carbocycles. The number of hydrogen-bond donors (Lipinski definition) is 2. The van der Waals surface area contributed by atoms with Gasteiger partial charge in [0, 0.05) is 18.1 Å². The van der Waals surface area contributed by atoms with Crippen LogP contribution in [-0.2, 0) is 4.79 Å². The van der Waals surface area contributed by atoms with Gasteiger partial charge in [0.15, 0.2) is 0 Å². The zero-order valence-corrected chi connectivity index (χ0v) is 10.6. The molecule has 5 heteroatoms. The molecule has 98 valence electrons. The summed E-state index contributed by atoms with van der Waals surface area (Å²) in [6.45, 7) is 0. The number of aromatic nitrogens is 2. The second-order valence-electron chi connectivity index (χ2n) is 5.08. The highest BCUT2D eigenvalue weighted by molar-refractivity contribution is 5.99. The minimum Gasteiger partial charge on any atom is -0.324 e. The number of rotatable bonds is 2. The van der Waals surface area contributed by atoms with Crippen LogP contribution in [0.2, 0.25) is 0 Å². The molecule has 1 aromatic heterocycles. The predicted molar refractivity (Wildman–Crippen MR) is 73.6 cm³/mol. The maximum absolute atomic E-state index is 12.2. The summed E-state index contributed by atoms with van der Waals surface area (Å²) in [6, 6.07) is 5.49. The standard InChI is InChI=1S/C14H16N4O/c15-14(5-1-2-6-14)13(19)18-10-3-4-11-12(9-10)17-8-7-16-11/h3-4,7-9H,1-2,5-6,15H2,(H,18,19). The van der Waals surface area contributed by atoms with Crippen LogP contribution in [0, 0.1) is 0 Å². The summed E-state index contributed by atoms with van der Waals surface area (Å²) in [7, 11) is 0. The van der Waals surface area contributed by atoms with Crippen molar-refractivity contribution in [3.63, 3.8) is 0 Å². The number of nitrogens with zero attached hydrogens (tertiary/aromatic N) is 2. The summed E-state index contributed by atoms with van der Waals surface area (Å²) in [6.07, 6.45) is 6.84. The van der Waals surface area contributed by atoms with Gasteiger partial charge in [-0.3, -0.25) is 14.8 Å². The smallest absolute Gasteiger partial charge is 0.244 e. The molecule has 1 saturated carbocycles. The van der Waals surface area contributed by atoms with Crippen LogP contribution in [0.25, 0.3) is 11.0 Å². The van der Waals surface area contributed by atoms with Crippen LogP contribution in [0.4, 0.5) is 5.69 Å². The van der Waals surface area contributed by atoms with Crippen molar-refractivity contribution in [3.8, 4) is 0 Å². The molecule has 3 N–H and O–H groups in total. The fourth-order valence-electron chi connectivity index (χ4n) is 2.53. The van der Waals surface area contributed by atoms with Gasteiger partial charge in [-0.15, -0.1) is 0 Å². The minimum atomic E-state index is -0.711. The highest BCUT2D eigenvalue weighted by Crippen LogP contribution is 2.28. The Morgan fingerprint density at radius 1 is 1.16 bits per heavy atom. The lowest BCUT2D eigenvalue weighted by Gasteiger charge is -2.22. The number of carbonyl (C=O) groups excluding carboxylic acids is 1. The Labute approximate surface area is 111 Å². The molecular weight excluding hydrogens is 240 g/mol. The molecule has 19 heavy (non-hydrogen) atoms. The molecule has 0 unspecified atom stereocenters. The van der Waals surface area contributed by atoms with Gasteiger partial charge in [-0.05, 0) is 31.0 Å². The van der Waals surface area contributed by atoms with Gasteiger partial charge < -0.3 is 11.1 Å². The zero-order valence-electron chi connectivity index (χ0n) is 10.6. The summed E-state index contributed by atoms with van der Waals surface area (Å²) in [5.74, 6) is -0.103. The van der Waals surface area contributed by atoms with Gasteiger partial charge in [0.25, 0.3) is 0 Å². The summed E-state index contributed by atoms with van der Waals surface area (Å²) in [4.78, 5) is 20.6. The molecule has 3 rings (SSSR count). The number of nitrogens with two attached hydrogens (primary N) is 1. The van der Waals surface area contributed by atoms with E-state index < -0.39 is 5.54 Å². The predicted octanol–water partition coefficient (Wildman–Crippen LogP) is 1.84. The normalized spacial score (nSPS) is 17.5. The van der Waals surface area contributed by atoms with E-state index in [9.17, 15) is 4.79 Å². The molecule has 0 aliphatic heterocycles. The first-order valence-corrected chi connectivity index (χ1v) is 6.48. The Hall–Kier alpha value is -2.01. The number of hydrogen-bond acceptors (Lipinski definition) is 4. The number of nitrogens with one attached hydrogen (secondary N) is 1. The highest BCUT2D eigenvalue weighted by Gasteiger charge is 2.36. The third-order valence-corrected chi connectivity index (χ3v) is 3.68. The van der Waals surface area contributed by atoms with E-state index in [1.165, 1.54) is 0 Å². The number of carbonyl (C=O) groups is 1. The van der Waals surface area contributed by atoms with Gasteiger partial charge in [-0.2, -0.15) is 0 Å². The first-order valence-electron chi connectivity index (χ1n) is 6.48. The third kappa shape index (κ3) is 2.29. The summed E-state index contributed by atoms with van der Waals surface area (Å²) >= 11 is 0. The minimum absolute atomic E-state index is 0.103. The van der Waals surface area contributed by atoms with Crippen molar-refractivity contribution in [1.29, 1.82) is 0 Å². The molecule has 0 saturated heterocycles. The molecule has 0 spiro atoms. The largest absolute Gasteiger partial charge is 0.324 e. The van der Waals surface area contributed by atoms with Crippen molar-refractivity contribution >= 4 is 22.6 Å². The lowest BCUT2D eigenvalue weighted by Crippen LogP contribution is -2.48. The van der Waals surface area contributed by atoms with Crippen molar-refractivity contribution in [1.82, 2.24) is 9.97 Å². The number of fused-ring (bicyclic) bond motifs is 1. The zero-order chi connectivity index (χ0) is 13.3. The fourth-order valence-corrected chi connectivity index (χ4v) is 2.53. The Bertz CT molecular complexity index is 620. The van der Waals surface area contributed by atoms with E-state index in [1.54, 1.807) is 12.4 Å². The molecule has 0 bridgehead atoms. The molecule has 0 radical (unpaired) electrons. The lowest BCUT2D eigenvalue weighted by molar-refractivity contribution is -0.121. The second-order valence-corrected chi connectivity index (χ2v) is 5.08. The van der Waals surface area contributed by atoms with E-state index in [4.69, 9.17) is 5.73 Å². The maximum Gasteiger partial charge on any atom is 0.244 e. The van der Waals surface area contributed by atoms with Gasteiger partial charge >= 0.3 is 0 Å². The van der Waals surface area contributed by atoms with Crippen LogP contribution in [0.15, 0.2) is 30.6 Å². The molecule has 1 fully saturated rings. The van der Waals surface area contributed by atoms with Crippen molar-refractivity contribution in [3.05, 3.63) is 30.6 Å². The third-order valence-electron chi connectivity index (χ3n) is 3.68. The van der Waals surface area contributed by atoms with Crippen LogP contribution >= 0.6 is 0 Å². The molecule has 0 atom stereocenters. The second kappa shape index (κ2) is 4.59. The van der Waals surface area contributed by atoms with E-state index in [-0.39, 0.29) is 5.91 Å². The average Bonchev–Trinajstić information content (AvgIpc) is 2.87. The molecule has 1 heterocycles. The van der Waals surface area contributed by atoms with Gasteiger partial charge in [0.1, 0.15) is 0 Å². The van der Waals surface area contributed by atoms with E-state index in [0.29, 0.717) is 0 Å². The van der Waals surface area contributed by atoms with Crippen LogP contribution < -0.4 is 11.1 Å². The molecular formula is C14H16N4O. The van der Waals surface area contributed by atoms with Crippen molar-refractivity contribution in [2.75, 3.05) is 5.32 Å². The van der Waals surface area contributed by atoms with E-state index in [0.717, 1.165) is 42.4 Å². The fraction of sp³-hybridized carbons (Fsp3) is 0.357. The lowest BCUT2D eigenvalue weighted by atomic mass is 9.98. The summed E-state index contributed by atoms with van der Waals surface area (Å²) in [5, 5.41) is 2.88. The van der Waals surface area contributed by atoms with Crippen LogP contribution in [0.1, 0.15) is 25.7 Å². The van der Waals surface area contributed by atoms with E-state index in [2.05, 4.69) is 15.3 Å². The van der Waals surface area contributed by atoms with E-state index >= 15 is 0 Å². The monoisotopic (exact) mass is 256 g/mol. The van der Waals surface area contributed by atoms with Crippen molar-refractivity contribution in [2.45, 2.75) is 31.2 Å². The molecule has 2 aromatic rings. The Balaban J connectivity index is 1.83. The SMILES string of the molecule is NC1(C(=O)Nc2ccc3nccnc3c2)CCCC1. The van der Waals surface area contributed by atoms with Gasteiger partial charge in [0.2, 0.25) is 5.91 Å². The summed E-state index contributed by atoms with van der Waals surface area (Å²) < 4.78 is 0. The first-order chi connectivity index (χ1) is 9.17. The van der Waals surface area contributed by atoms with Crippen LogP contribution in [0.3, 0.4) is 0 Å². The van der Waals surface area contributed by atoms with Crippen LogP contribution in [-0.4, -0.2) is 21.4 Å². The van der Waals surface area contributed by atoms with Gasteiger partial charge in [-0.25, -0.2) is 0 Å². The van der Waals surface area contributed by atoms with Crippen molar-refractivity contribution in [2.24, 2.45) is 5.73 Å². The van der Waals surface area contributed by atoms with Crippen LogP contribution in [0.5, 0.6) is 0 Å². The molecule has 5 nitrogen and oxygen atoms in total. The Morgan fingerprint density at radius 2 is 1.84 bits per heavy atom. The first kappa shape index (κ1) is 12.0.